The van der Waals surface area contributed by atoms with Crippen LogP contribution in [0.2, 0.25) is 0 Å². The maximum Gasteiger partial charge on any atom is 0.335 e. The highest BCUT2D eigenvalue weighted by molar-refractivity contribution is 7.91. The number of nitrogens with one attached hydrogen (secondary N) is 3. The number of likely N-dealkylation sites (tertiary alicyclic amines) is 1. The molecule has 4 rings (SSSR count). The van der Waals surface area contributed by atoms with Crippen LogP contribution in [0.15, 0.2) is 52.2 Å². The SMILES string of the molecule is NC(=O)C(Cc1c[nH]c2ccccc12)NC(=O)C1CC(NS(=O)(=O)c2cccs2)CCN1C(=O)C(O)C(O)C(=O)O. The minimum atomic E-state index is -3.95. The number of thiophene rings is 1. The van der Waals surface area contributed by atoms with E-state index < -0.39 is 64.0 Å². The molecule has 3 aromatic rings. The van der Waals surface area contributed by atoms with Gasteiger partial charge in [-0.2, -0.15) is 0 Å². The Kier molecular flexibility index (Phi) is 9.08. The fourth-order valence-electron chi connectivity index (χ4n) is 4.73. The number of aliphatic carboxylic acids is 1. The zero-order chi connectivity index (χ0) is 29.9. The third-order valence-electron chi connectivity index (χ3n) is 6.83. The van der Waals surface area contributed by atoms with Crippen molar-refractivity contribution in [2.45, 2.75) is 53.8 Å². The molecule has 0 saturated carbocycles. The molecule has 5 atom stereocenters. The van der Waals surface area contributed by atoms with Gasteiger partial charge in [-0.05, 0) is 35.9 Å². The van der Waals surface area contributed by atoms with Gasteiger partial charge in [-0.15, -0.1) is 11.3 Å². The van der Waals surface area contributed by atoms with Crippen molar-refractivity contribution in [3.63, 3.8) is 0 Å². The van der Waals surface area contributed by atoms with E-state index in [0.29, 0.717) is 5.56 Å². The number of carbonyl (C=O) groups excluding carboxylic acids is 3. The van der Waals surface area contributed by atoms with Crippen LogP contribution >= 0.6 is 11.3 Å². The highest BCUT2D eigenvalue weighted by atomic mass is 32.2. The van der Waals surface area contributed by atoms with Gasteiger partial charge in [0.05, 0.1) is 0 Å². The standard InChI is InChI=1S/C25H29N5O9S2/c26-22(33)17(10-13-12-27-16-5-2-1-4-15(13)16)28-23(34)18-11-14(29-41(38,39)19-6-3-9-40-19)7-8-30(18)24(35)20(31)21(32)25(36)37/h1-6,9,12,14,17-18,20-21,27,29,31-32H,7-8,10-11H2,(H2,26,33)(H,28,34)(H,36,37). The van der Waals surface area contributed by atoms with Crippen LogP contribution in [0.4, 0.5) is 0 Å². The largest absolute Gasteiger partial charge is 0.479 e. The number of nitrogens with two attached hydrogens (primary N) is 1. The molecule has 1 saturated heterocycles. The molecule has 0 aliphatic carbocycles. The number of aromatic amines is 1. The second-order valence-electron chi connectivity index (χ2n) is 9.58. The molecule has 8 N–H and O–H groups in total. The number of amides is 3. The van der Waals surface area contributed by atoms with E-state index in [4.69, 9.17) is 10.8 Å². The highest BCUT2D eigenvalue weighted by Crippen LogP contribution is 2.24. The molecule has 220 valence electrons. The number of aliphatic hydroxyl groups excluding tert-OH is 2. The number of nitrogens with zero attached hydrogens (tertiary/aromatic N) is 1. The third kappa shape index (κ3) is 6.74. The van der Waals surface area contributed by atoms with E-state index in [9.17, 15) is 37.8 Å². The Balaban J connectivity index is 1.57. The van der Waals surface area contributed by atoms with Crippen molar-refractivity contribution in [1.82, 2.24) is 19.9 Å². The molecule has 0 spiro atoms. The van der Waals surface area contributed by atoms with Gasteiger partial charge in [-0.3, -0.25) is 14.4 Å². The Labute approximate surface area is 238 Å². The summed E-state index contributed by atoms with van der Waals surface area (Å²) in [5.74, 6) is -4.84. The summed E-state index contributed by atoms with van der Waals surface area (Å²) >= 11 is 0.990. The summed E-state index contributed by atoms with van der Waals surface area (Å²) in [5.41, 5.74) is 7.06. The molecule has 0 radical (unpaired) electrons. The molecule has 41 heavy (non-hydrogen) atoms. The predicted octanol–water partition coefficient (Wildman–Crippen LogP) is -1.11. The van der Waals surface area contributed by atoms with Crippen LogP contribution in [0.5, 0.6) is 0 Å². The van der Waals surface area contributed by atoms with Gasteiger partial charge in [0.15, 0.2) is 12.2 Å². The maximum absolute atomic E-state index is 13.5. The smallest absolute Gasteiger partial charge is 0.335 e. The number of hydrogen-bond acceptors (Lipinski definition) is 9. The number of benzene rings is 1. The number of piperidine rings is 1. The minimum Gasteiger partial charge on any atom is -0.479 e. The number of rotatable bonds is 11. The normalized spacial score (nSPS) is 19.8. The van der Waals surface area contributed by atoms with E-state index in [1.165, 1.54) is 6.07 Å². The van der Waals surface area contributed by atoms with Gasteiger partial charge in [0.25, 0.3) is 5.91 Å². The Morgan fingerprint density at radius 3 is 2.51 bits per heavy atom. The molecule has 2 aromatic heterocycles. The van der Waals surface area contributed by atoms with Crippen molar-refractivity contribution < 1.29 is 42.9 Å². The highest BCUT2D eigenvalue weighted by Gasteiger charge is 2.43. The van der Waals surface area contributed by atoms with Crippen LogP contribution in [0.3, 0.4) is 0 Å². The number of hydrogen-bond donors (Lipinski definition) is 7. The Morgan fingerprint density at radius 1 is 1.12 bits per heavy atom. The molecular formula is C25H29N5O9S2. The van der Waals surface area contributed by atoms with Crippen molar-refractivity contribution in [2.24, 2.45) is 5.73 Å². The summed E-state index contributed by atoms with van der Waals surface area (Å²) in [6.45, 7) is -0.262. The fourth-order valence-corrected chi connectivity index (χ4v) is 7.02. The Bertz CT molecular complexity index is 1540. The molecule has 3 heterocycles. The zero-order valence-corrected chi connectivity index (χ0v) is 23.1. The van der Waals surface area contributed by atoms with Gasteiger partial charge < -0.3 is 36.3 Å². The van der Waals surface area contributed by atoms with E-state index in [1.54, 1.807) is 23.7 Å². The summed E-state index contributed by atoms with van der Waals surface area (Å²) in [6, 6.07) is 6.75. The first kappa shape index (κ1) is 30.1. The van der Waals surface area contributed by atoms with Crippen LogP contribution in [0.1, 0.15) is 18.4 Å². The summed E-state index contributed by atoms with van der Waals surface area (Å²) in [6.07, 6.45) is -3.42. The lowest BCUT2D eigenvalue weighted by Gasteiger charge is -2.40. The van der Waals surface area contributed by atoms with Crippen LogP contribution in [-0.4, -0.2) is 94.2 Å². The van der Waals surface area contributed by atoms with Crippen LogP contribution < -0.4 is 15.8 Å². The molecule has 1 aromatic carbocycles. The first-order chi connectivity index (χ1) is 19.4. The second kappa shape index (κ2) is 12.4. The molecule has 0 bridgehead atoms. The first-order valence-electron chi connectivity index (χ1n) is 12.5. The quantitative estimate of drug-likeness (QED) is 0.140. The van der Waals surface area contributed by atoms with Gasteiger partial charge in [0.1, 0.15) is 16.3 Å². The van der Waals surface area contributed by atoms with E-state index in [-0.39, 0.29) is 30.0 Å². The molecule has 1 fully saturated rings. The van der Waals surface area contributed by atoms with E-state index in [2.05, 4.69) is 15.0 Å². The maximum atomic E-state index is 13.5. The molecule has 14 nitrogen and oxygen atoms in total. The number of sulfonamides is 1. The van der Waals surface area contributed by atoms with Gasteiger partial charge in [0.2, 0.25) is 21.8 Å². The molecule has 5 unspecified atom stereocenters. The summed E-state index contributed by atoms with van der Waals surface area (Å²) in [4.78, 5) is 53.9. The van der Waals surface area contributed by atoms with Crippen molar-refractivity contribution in [3.8, 4) is 0 Å². The van der Waals surface area contributed by atoms with Gasteiger partial charge in [0, 0.05) is 36.1 Å². The third-order valence-corrected chi connectivity index (χ3v) is 9.75. The monoisotopic (exact) mass is 607 g/mol. The summed E-state index contributed by atoms with van der Waals surface area (Å²) in [7, 11) is -3.95. The lowest BCUT2D eigenvalue weighted by Crippen LogP contribution is -2.62. The first-order valence-corrected chi connectivity index (χ1v) is 14.8. The summed E-state index contributed by atoms with van der Waals surface area (Å²) in [5, 5.41) is 33.8. The Morgan fingerprint density at radius 2 is 1.85 bits per heavy atom. The molecule has 1 aliphatic rings. The summed E-state index contributed by atoms with van der Waals surface area (Å²) < 4.78 is 28.1. The van der Waals surface area contributed by atoms with Crippen molar-refractivity contribution in [1.29, 1.82) is 0 Å². The number of carboxylic acids is 1. The average molecular weight is 608 g/mol. The topological polar surface area (TPSA) is 232 Å². The van der Waals surface area contributed by atoms with Gasteiger partial charge in [-0.1, -0.05) is 24.3 Å². The minimum absolute atomic E-state index is 0.000538. The number of carboxylic acid groups (broad SMARTS) is 1. The van der Waals surface area contributed by atoms with E-state index >= 15 is 0 Å². The number of para-hydroxylation sites is 1. The number of H-pyrrole nitrogens is 1. The van der Waals surface area contributed by atoms with Crippen LogP contribution in [0, 0.1) is 0 Å². The number of aliphatic hydroxyl groups is 2. The molecule has 1 aliphatic heterocycles. The number of aromatic nitrogens is 1. The predicted molar refractivity (Wildman–Crippen MR) is 146 cm³/mol. The number of fused-ring (bicyclic) bond motifs is 1. The van der Waals surface area contributed by atoms with Crippen LogP contribution in [-0.2, 0) is 35.6 Å². The molecular weight excluding hydrogens is 578 g/mol. The van der Waals surface area contributed by atoms with Crippen molar-refractivity contribution in [3.05, 3.63) is 53.5 Å². The molecule has 16 heteroatoms. The Hall–Kier alpha value is -3.83. The lowest BCUT2D eigenvalue weighted by atomic mass is 9.95. The van der Waals surface area contributed by atoms with Gasteiger partial charge in [-0.25, -0.2) is 17.9 Å². The van der Waals surface area contributed by atoms with Crippen LogP contribution in [0.25, 0.3) is 10.9 Å². The number of primary amides is 1. The fraction of sp³-hybridized carbons (Fsp3) is 0.360. The lowest BCUT2D eigenvalue weighted by molar-refractivity contribution is -0.165. The van der Waals surface area contributed by atoms with Gasteiger partial charge >= 0.3 is 5.97 Å². The second-order valence-corrected chi connectivity index (χ2v) is 12.5. The zero-order valence-electron chi connectivity index (χ0n) is 21.5. The van der Waals surface area contributed by atoms with Crippen molar-refractivity contribution >= 4 is 56.0 Å². The molecule has 3 amide bonds. The van der Waals surface area contributed by atoms with E-state index in [0.717, 1.165) is 27.1 Å². The number of carbonyl (C=O) groups is 4. The van der Waals surface area contributed by atoms with E-state index in [1.807, 2.05) is 18.2 Å². The average Bonchev–Trinajstić information content (AvgIpc) is 3.62. The van der Waals surface area contributed by atoms with Crippen molar-refractivity contribution in [2.75, 3.05) is 6.54 Å².